The Morgan fingerprint density at radius 3 is 2.00 bits per heavy atom. The fraction of sp³-hybridized carbons (Fsp3) is 1.00. The SMILES string of the molecule is CCCCCCCC(C)C.[H-].[Li+]. The minimum Gasteiger partial charge on any atom is -1.00 e. The van der Waals surface area contributed by atoms with Crippen molar-refractivity contribution in [2.75, 3.05) is 0 Å². The zero-order valence-electron chi connectivity index (χ0n) is 9.82. The second kappa shape index (κ2) is 10.6. The second-order valence-corrected chi connectivity index (χ2v) is 3.60. The summed E-state index contributed by atoms with van der Waals surface area (Å²) in [5, 5.41) is 0. The van der Waals surface area contributed by atoms with Crippen LogP contribution in [-0.2, 0) is 0 Å². The number of hydrogen-bond donors (Lipinski definition) is 0. The molecule has 0 fully saturated rings. The first-order valence-electron chi connectivity index (χ1n) is 4.77. The van der Waals surface area contributed by atoms with Gasteiger partial charge in [-0.05, 0) is 5.92 Å². The van der Waals surface area contributed by atoms with Crippen LogP contribution < -0.4 is 18.9 Å². The van der Waals surface area contributed by atoms with E-state index < -0.39 is 0 Å². The summed E-state index contributed by atoms with van der Waals surface area (Å²) in [6.07, 6.45) is 8.55. The van der Waals surface area contributed by atoms with E-state index in [0.717, 1.165) is 5.92 Å². The summed E-state index contributed by atoms with van der Waals surface area (Å²) in [6, 6.07) is 0. The van der Waals surface area contributed by atoms with Gasteiger partial charge < -0.3 is 1.43 Å². The van der Waals surface area contributed by atoms with E-state index in [1.807, 2.05) is 0 Å². The molecule has 1 heteroatoms. The second-order valence-electron chi connectivity index (χ2n) is 3.60. The van der Waals surface area contributed by atoms with E-state index in [1.54, 1.807) is 0 Å². The van der Waals surface area contributed by atoms with Crippen molar-refractivity contribution >= 4 is 0 Å². The Bertz CT molecular complexity index is 64.9. The third-order valence-electron chi connectivity index (χ3n) is 1.89. The minimum atomic E-state index is 0. The standard InChI is InChI=1S/C10H22.Li.H/c1-4-5-6-7-8-9-10(2)3;;/h10H,4-9H2,1-3H3;;/q;+1;-1. The molecule has 0 aliphatic rings. The first kappa shape index (κ1) is 14.1. The molecule has 0 unspecified atom stereocenters. The molecule has 0 aromatic rings. The zero-order chi connectivity index (χ0) is 7.82. The molecule has 0 bridgehead atoms. The summed E-state index contributed by atoms with van der Waals surface area (Å²) >= 11 is 0. The Morgan fingerprint density at radius 1 is 1.00 bits per heavy atom. The third-order valence-corrected chi connectivity index (χ3v) is 1.89. The molecule has 11 heavy (non-hydrogen) atoms. The van der Waals surface area contributed by atoms with Crippen molar-refractivity contribution in [3.8, 4) is 0 Å². The van der Waals surface area contributed by atoms with Crippen molar-refractivity contribution in [2.24, 2.45) is 5.92 Å². The van der Waals surface area contributed by atoms with Crippen LogP contribution in [0.2, 0.25) is 0 Å². The molecule has 0 spiro atoms. The van der Waals surface area contributed by atoms with Gasteiger partial charge in [0.1, 0.15) is 0 Å². The molecule has 0 radical (unpaired) electrons. The largest absolute Gasteiger partial charge is 1.00 e. The number of hydrogen-bond acceptors (Lipinski definition) is 0. The maximum atomic E-state index is 2.31. The van der Waals surface area contributed by atoms with Crippen LogP contribution in [0.25, 0.3) is 0 Å². The molecule has 0 aromatic carbocycles. The monoisotopic (exact) mass is 150 g/mol. The Kier molecular flexibility index (Phi) is 13.6. The Hall–Kier alpha value is 0.597. The molecule has 0 amide bonds. The molecule has 0 aliphatic carbocycles. The summed E-state index contributed by atoms with van der Waals surface area (Å²) in [5.41, 5.74) is 0. The van der Waals surface area contributed by atoms with Gasteiger partial charge in [-0.25, -0.2) is 0 Å². The summed E-state index contributed by atoms with van der Waals surface area (Å²) in [5.74, 6) is 0.904. The average Bonchev–Trinajstić information content (AvgIpc) is 1.87. The van der Waals surface area contributed by atoms with Crippen molar-refractivity contribution in [2.45, 2.75) is 59.3 Å². The van der Waals surface area contributed by atoms with Gasteiger partial charge in [0.25, 0.3) is 0 Å². The van der Waals surface area contributed by atoms with Crippen LogP contribution in [0.4, 0.5) is 0 Å². The van der Waals surface area contributed by atoms with Crippen LogP contribution in [-0.4, -0.2) is 0 Å². The fourth-order valence-corrected chi connectivity index (χ4v) is 1.16. The van der Waals surface area contributed by atoms with Crippen molar-refractivity contribution in [1.29, 1.82) is 0 Å². The van der Waals surface area contributed by atoms with E-state index in [1.165, 1.54) is 38.5 Å². The zero-order valence-corrected chi connectivity index (χ0v) is 8.82. The molecule has 0 rings (SSSR count). The average molecular weight is 150 g/mol. The van der Waals surface area contributed by atoms with Gasteiger partial charge >= 0.3 is 18.9 Å². The van der Waals surface area contributed by atoms with Gasteiger partial charge in [0.2, 0.25) is 0 Å². The molecule has 0 saturated carbocycles. The van der Waals surface area contributed by atoms with Gasteiger partial charge in [0, 0.05) is 0 Å². The number of rotatable bonds is 6. The van der Waals surface area contributed by atoms with Gasteiger partial charge in [0.05, 0.1) is 0 Å². The summed E-state index contributed by atoms with van der Waals surface area (Å²) in [4.78, 5) is 0. The van der Waals surface area contributed by atoms with Crippen LogP contribution in [0.3, 0.4) is 0 Å². The van der Waals surface area contributed by atoms with E-state index in [-0.39, 0.29) is 20.3 Å². The third kappa shape index (κ3) is 13.6. The van der Waals surface area contributed by atoms with Crippen molar-refractivity contribution in [3.05, 3.63) is 0 Å². The van der Waals surface area contributed by atoms with E-state index in [2.05, 4.69) is 20.8 Å². The van der Waals surface area contributed by atoms with Crippen LogP contribution in [0.5, 0.6) is 0 Å². The van der Waals surface area contributed by atoms with E-state index in [9.17, 15) is 0 Å². The van der Waals surface area contributed by atoms with Crippen molar-refractivity contribution < 1.29 is 20.3 Å². The first-order valence-corrected chi connectivity index (χ1v) is 4.77. The molecule has 64 valence electrons. The molecular weight excluding hydrogens is 127 g/mol. The van der Waals surface area contributed by atoms with E-state index >= 15 is 0 Å². The topological polar surface area (TPSA) is 0 Å². The van der Waals surface area contributed by atoms with Crippen molar-refractivity contribution in [3.63, 3.8) is 0 Å². The molecule has 0 aromatic heterocycles. The number of unbranched alkanes of at least 4 members (excludes halogenated alkanes) is 4. The van der Waals surface area contributed by atoms with Crippen LogP contribution in [0, 0.1) is 5.92 Å². The van der Waals surface area contributed by atoms with Crippen LogP contribution >= 0.6 is 0 Å². The van der Waals surface area contributed by atoms with Crippen molar-refractivity contribution in [1.82, 2.24) is 0 Å². The molecule has 0 N–H and O–H groups in total. The van der Waals surface area contributed by atoms with E-state index in [4.69, 9.17) is 0 Å². The molecule has 0 nitrogen and oxygen atoms in total. The van der Waals surface area contributed by atoms with Gasteiger partial charge in [0.15, 0.2) is 0 Å². The minimum absolute atomic E-state index is 0. The predicted molar refractivity (Wildman–Crippen MR) is 49.3 cm³/mol. The summed E-state index contributed by atoms with van der Waals surface area (Å²) in [6.45, 7) is 6.88. The normalized spacial score (nSPS) is 9.82. The first-order chi connectivity index (χ1) is 4.77. The molecule has 0 atom stereocenters. The van der Waals surface area contributed by atoms with Crippen LogP contribution in [0.15, 0.2) is 0 Å². The maximum absolute atomic E-state index is 2.31. The van der Waals surface area contributed by atoms with E-state index in [0.29, 0.717) is 0 Å². The molecule has 0 aliphatic heterocycles. The van der Waals surface area contributed by atoms with Gasteiger partial charge in [-0.1, -0.05) is 59.3 Å². The maximum Gasteiger partial charge on any atom is 1.00 e. The summed E-state index contributed by atoms with van der Waals surface area (Å²) < 4.78 is 0. The quantitative estimate of drug-likeness (QED) is 0.393. The fourth-order valence-electron chi connectivity index (χ4n) is 1.16. The molecular formula is C10H23Li. The summed E-state index contributed by atoms with van der Waals surface area (Å²) in [7, 11) is 0. The molecule has 0 saturated heterocycles. The molecule has 0 heterocycles. The smallest absolute Gasteiger partial charge is 1.00 e. The van der Waals surface area contributed by atoms with Gasteiger partial charge in [-0.3, -0.25) is 0 Å². The van der Waals surface area contributed by atoms with Crippen LogP contribution in [0.1, 0.15) is 60.7 Å². The Morgan fingerprint density at radius 2 is 1.55 bits per heavy atom. The Labute approximate surface area is 85.8 Å². The van der Waals surface area contributed by atoms with Gasteiger partial charge in [-0.15, -0.1) is 0 Å². The van der Waals surface area contributed by atoms with Gasteiger partial charge in [-0.2, -0.15) is 0 Å². The Balaban J connectivity index is -0.000000405. The predicted octanol–water partition coefficient (Wildman–Crippen LogP) is 1.12.